The number of carbonyl (C=O) groups is 2. The van der Waals surface area contributed by atoms with E-state index in [1.54, 1.807) is 24.3 Å². The number of hydrogen-bond donors (Lipinski definition) is 1. The van der Waals surface area contributed by atoms with Crippen LogP contribution in [0.1, 0.15) is 5.76 Å². The van der Waals surface area contributed by atoms with E-state index in [0.29, 0.717) is 17.1 Å². The quantitative estimate of drug-likeness (QED) is 0.358. The molecule has 1 amide bonds. The first kappa shape index (κ1) is 17.8. The average molecular weight is 390 g/mol. The van der Waals surface area contributed by atoms with Crippen molar-refractivity contribution in [2.75, 3.05) is 6.54 Å². The third kappa shape index (κ3) is 3.65. The lowest BCUT2D eigenvalue weighted by molar-refractivity contribution is -0.384. The predicted molar refractivity (Wildman–Crippen MR) is 98.3 cm³/mol. The SMILES string of the molecule is O=C(O)CN1C(=O)/C(=C\c2ccc(-c3cccc([N+](=O)[O-])c3)o2)SC1=S. The molecule has 0 radical (unpaired) electrons. The van der Waals surface area contributed by atoms with E-state index in [9.17, 15) is 19.7 Å². The number of non-ortho nitro benzene ring substituents is 1. The Hall–Kier alpha value is -2.98. The number of carboxylic acid groups (broad SMARTS) is 1. The summed E-state index contributed by atoms with van der Waals surface area (Å²) >= 11 is 6.01. The molecule has 1 aliphatic heterocycles. The number of benzene rings is 1. The summed E-state index contributed by atoms with van der Waals surface area (Å²) in [7, 11) is 0. The van der Waals surface area contributed by atoms with Gasteiger partial charge in [0, 0.05) is 23.8 Å². The molecule has 26 heavy (non-hydrogen) atoms. The van der Waals surface area contributed by atoms with E-state index in [2.05, 4.69) is 0 Å². The van der Waals surface area contributed by atoms with Crippen molar-refractivity contribution in [3.8, 4) is 11.3 Å². The maximum absolute atomic E-state index is 12.2. The average Bonchev–Trinajstić information content (AvgIpc) is 3.15. The Kier molecular flexibility index (Phi) is 4.87. The van der Waals surface area contributed by atoms with Crippen LogP contribution in [0.3, 0.4) is 0 Å². The molecule has 0 unspecified atom stereocenters. The number of nitrogens with zero attached hydrogens (tertiary/aromatic N) is 2. The summed E-state index contributed by atoms with van der Waals surface area (Å²) in [5, 5.41) is 19.7. The summed E-state index contributed by atoms with van der Waals surface area (Å²) in [4.78, 5) is 34.6. The first-order valence-electron chi connectivity index (χ1n) is 7.17. The summed E-state index contributed by atoms with van der Waals surface area (Å²) in [6.45, 7) is -0.501. The summed E-state index contributed by atoms with van der Waals surface area (Å²) in [6, 6.07) is 9.21. The van der Waals surface area contributed by atoms with Gasteiger partial charge in [-0.3, -0.25) is 24.6 Å². The van der Waals surface area contributed by atoms with Gasteiger partial charge in [0.15, 0.2) is 0 Å². The van der Waals surface area contributed by atoms with Gasteiger partial charge in [-0.15, -0.1) is 0 Å². The molecule has 0 aliphatic carbocycles. The van der Waals surface area contributed by atoms with Gasteiger partial charge in [0.2, 0.25) is 0 Å². The number of nitro groups is 1. The molecular formula is C16H10N2O6S2. The normalized spacial score (nSPS) is 15.7. The molecule has 1 fully saturated rings. The summed E-state index contributed by atoms with van der Waals surface area (Å²) in [6.07, 6.45) is 1.46. The molecule has 0 saturated carbocycles. The molecule has 1 saturated heterocycles. The fourth-order valence-corrected chi connectivity index (χ4v) is 3.49. The van der Waals surface area contributed by atoms with Crippen molar-refractivity contribution in [2.45, 2.75) is 0 Å². The van der Waals surface area contributed by atoms with Gasteiger partial charge in [0.05, 0.1) is 9.83 Å². The molecule has 1 aliphatic rings. The van der Waals surface area contributed by atoms with E-state index in [0.717, 1.165) is 16.7 Å². The highest BCUT2D eigenvalue weighted by atomic mass is 32.2. The largest absolute Gasteiger partial charge is 0.480 e. The first-order valence-corrected chi connectivity index (χ1v) is 8.39. The van der Waals surface area contributed by atoms with Crippen molar-refractivity contribution in [3.05, 3.63) is 57.2 Å². The summed E-state index contributed by atoms with van der Waals surface area (Å²) in [5.41, 5.74) is 0.465. The third-order valence-corrected chi connectivity index (χ3v) is 4.79. The number of rotatable bonds is 5. The standard InChI is InChI=1S/C16H10N2O6S2/c19-14(20)8-17-15(21)13(26-16(17)25)7-11-4-5-12(24-11)9-2-1-3-10(6-9)18(22)23/h1-7H,8H2,(H,19,20)/b13-7+. The van der Waals surface area contributed by atoms with Crippen LogP contribution in [0.5, 0.6) is 0 Å². The smallest absolute Gasteiger partial charge is 0.323 e. The molecule has 0 bridgehead atoms. The molecule has 132 valence electrons. The van der Waals surface area contributed by atoms with Crippen LogP contribution in [-0.4, -0.2) is 37.7 Å². The second-order valence-corrected chi connectivity index (χ2v) is 6.85. The van der Waals surface area contributed by atoms with Crippen molar-refractivity contribution in [1.29, 1.82) is 0 Å². The van der Waals surface area contributed by atoms with E-state index in [1.807, 2.05) is 0 Å². The van der Waals surface area contributed by atoms with Crippen LogP contribution >= 0.6 is 24.0 Å². The lowest BCUT2D eigenvalue weighted by Gasteiger charge is -2.09. The summed E-state index contributed by atoms with van der Waals surface area (Å²) in [5.74, 6) is -0.910. The topological polar surface area (TPSA) is 114 Å². The Morgan fingerprint density at radius 3 is 2.85 bits per heavy atom. The van der Waals surface area contributed by atoms with Gasteiger partial charge in [0.25, 0.3) is 11.6 Å². The number of hydrogen-bond acceptors (Lipinski definition) is 7. The molecule has 1 N–H and O–H groups in total. The van der Waals surface area contributed by atoms with Gasteiger partial charge in [-0.1, -0.05) is 36.1 Å². The van der Waals surface area contributed by atoms with E-state index in [4.69, 9.17) is 21.7 Å². The van der Waals surface area contributed by atoms with Gasteiger partial charge in [-0.25, -0.2) is 0 Å². The van der Waals surface area contributed by atoms with Crippen molar-refractivity contribution < 1.29 is 24.0 Å². The molecule has 1 aromatic carbocycles. The second kappa shape index (κ2) is 7.10. The molecule has 0 spiro atoms. The second-order valence-electron chi connectivity index (χ2n) is 5.17. The van der Waals surface area contributed by atoms with E-state index >= 15 is 0 Å². The van der Waals surface area contributed by atoms with E-state index < -0.39 is 23.3 Å². The van der Waals surface area contributed by atoms with Crippen molar-refractivity contribution in [2.24, 2.45) is 0 Å². The Labute approximate surface area is 156 Å². The number of thioether (sulfide) groups is 1. The fourth-order valence-electron chi connectivity index (χ4n) is 2.26. The van der Waals surface area contributed by atoms with Crippen LogP contribution in [0.25, 0.3) is 17.4 Å². The van der Waals surface area contributed by atoms with Crippen LogP contribution in [0.2, 0.25) is 0 Å². The zero-order chi connectivity index (χ0) is 18.8. The highest BCUT2D eigenvalue weighted by molar-refractivity contribution is 8.26. The molecular weight excluding hydrogens is 380 g/mol. The van der Waals surface area contributed by atoms with Crippen LogP contribution < -0.4 is 0 Å². The molecule has 2 aromatic rings. The highest BCUT2D eigenvalue weighted by Gasteiger charge is 2.33. The van der Waals surface area contributed by atoms with Gasteiger partial charge >= 0.3 is 5.97 Å². The number of thiocarbonyl (C=S) groups is 1. The monoisotopic (exact) mass is 390 g/mol. The van der Waals surface area contributed by atoms with Gasteiger partial charge in [-0.2, -0.15) is 0 Å². The maximum Gasteiger partial charge on any atom is 0.323 e. The number of amides is 1. The van der Waals surface area contributed by atoms with Gasteiger partial charge in [0.1, 0.15) is 22.4 Å². The Bertz CT molecular complexity index is 965. The predicted octanol–water partition coefficient (Wildman–Crippen LogP) is 3.14. The lowest BCUT2D eigenvalue weighted by atomic mass is 10.1. The molecule has 0 atom stereocenters. The molecule has 8 nitrogen and oxygen atoms in total. The zero-order valence-electron chi connectivity index (χ0n) is 12.9. The minimum absolute atomic E-state index is 0.0602. The number of aliphatic carboxylic acids is 1. The maximum atomic E-state index is 12.2. The van der Waals surface area contributed by atoms with Crippen LogP contribution in [0, 0.1) is 10.1 Å². The van der Waals surface area contributed by atoms with E-state index in [-0.39, 0.29) is 14.9 Å². The first-order chi connectivity index (χ1) is 12.3. The van der Waals surface area contributed by atoms with Crippen LogP contribution in [0.15, 0.2) is 45.7 Å². The highest BCUT2D eigenvalue weighted by Crippen LogP contribution is 2.33. The Balaban J connectivity index is 1.85. The minimum atomic E-state index is -1.16. The number of furan rings is 1. The van der Waals surface area contributed by atoms with Crippen LogP contribution in [-0.2, 0) is 9.59 Å². The van der Waals surface area contributed by atoms with Gasteiger partial charge in [-0.05, 0) is 12.1 Å². The van der Waals surface area contributed by atoms with E-state index in [1.165, 1.54) is 18.2 Å². The lowest BCUT2D eigenvalue weighted by Crippen LogP contribution is -2.33. The number of carboxylic acids is 1. The molecule has 3 rings (SSSR count). The van der Waals surface area contributed by atoms with Crippen molar-refractivity contribution >= 4 is 51.9 Å². The fraction of sp³-hybridized carbons (Fsp3) is 0.0625. The Morgan fingerprint density at radius 2 is 2.15 bits per heavy atom. The number of nitro benzene ring substituents is 1. The molecule has 2 heterocycles. The van der Waals surface area contributed by atoms with Gasteiger partial charge < -0.3 is 9.52 Å². The van der Waals surface area contributed by atoms with Crippen molar-refractivity contribution in [3.63, 3.8) is 0 Å². The summed E-state index contributed by atoms with van der Waals surface area (Å²) < 4.78 is 5.78. The minimum Gasteiger partial charge on any atom is -0.480 e. The molecule has 10 heteroatoms. The van der Waals surface area contributed by atoms with Crippen LogP contribution in [0.4, 0.5) is 5.69 Å². The molecule has 1 aromatic heterocycles. The van der Waals surface area contributed by atoms with Crippen molar-refractivity contribution in [1.82, 2.24) is 4.90 Å². The number of carbonyl (C=O) groups excluding carboxylic acids is 1. The zero-order valence-corrected chi connectivity index (χ0v) is 14.6. The Morgan fingerprint density at radius 1 is 1.38 bits per heavy atom. The third-order valence-electron chi connectivity index (χ3n) is 3.41.